The summed E-state index contributed by atoms with van der Waals surface area (Å²) in [6.07, 6.45) is 1.44. The summed E-state index contributed by atoms with van der Waals surface area (Å²) in [6.45, 7) is 1.04. The van der Waals surface area contributed by atoms with Gasteiger partial charge in [-0.2, -0.15) is 8.42 Å². The highest BCUT2D eigenvalue weighted by atomic mass is 32.2. The predicted molar refractivity (Wildman–Crippen MR) is 113 cm³/mol. The zero-order valence-electron chi connectivity index (χ0n) is 17.2. The molecule has 0 saturated heterocycles. The molecule has 0 N–H and O–H groups in total. The molecule has 9 heteroatoms. The van der Waals surface area contributed by atoms with Crippen LogP contribution in [0.25, 0.3) is 0 Å². The fourth-order valence-corrected chi connectivity index (χ4v) is 3.73. The number of ether oxygens (including phenoxy) is 2. The highest BCUT2D eigenvalue weighted by molar-refractivity contribution is 7.87. The van der Waals surface area contributed by atoms with Crippen LogP contribution in [-0.2, 0) is 21.4 Å². The van der Waals surface area contributed by atoms with Gasteiger partial charge in [-0.3, -0.25) is 4.79 Å². The highest BCUT2D eigenvalue weighted by Crippen LogP contribution is 2.22. The summed E-state index contributed by atoms with van der Waals surface area (Å²) in [5.74, 6) is 0.692. The van der Waals surface area contributed by atoms with Crippen LogP contribution in [0, 0.1) is 0 Å². The molecule has 0 aliphatic heterocycles. The summed E-state index contributed by atoms with van der Waals surface area (Å²) in [5, 5.41) is 0. The van der Waals surface area contributed by atoms with Gasteiger partial charge in [-0.05, 0) is 54.1 Å². The number of hydrogen-bond acceptors (Lipinski definition) is 7. The molecule has 1 aromatic heterocycles. The lowest BCUT2D eigenvalue weighted by Gasteiger charge is -2.21. The van der Waals surface area contributed by atoms with Crippen LogP contribution in [0.1, 0.15) is 16.1 Å². The maximum absolute atomic E-state index is 12.6. The molecule has 0 saturated carbocycles. The Labute approximate surface area is 181 Å². The van der Waals surface area contributed by atoms with E-state index >= 15 is 0 Å². The van der Waals surface area contributed by atoms with Crippen LogP contribution in [0.5, 0.6) is 11.5 Å². The van der Waals surface area contributed by atoms with Gasteiger partial charge in [0.05, 0.1) is 20.0 Å². The number of methoxy groups -OCH3 is 2. The average Bonchev–Trinajstić information content (AvgIpc) is 3.32. The maximum Gasteiger partial charge on any atom is 0.339 e. The number of carbonyl (C=O) groups is 1. The van der Waals surface area contributed by atoms with Gasteiger partial charge >= 0.3 is 10.1 Å². The van der Waals surface area contributed by atoms with Crippen LogP contribution < -0.4 is 8.92 Å². The number of benzene rings is 2. The molecule has 0 bridgehead atoms. The minimum absolute atomic E-state index is 0.0205. The minimum atomic E-state index is -3.98. The number of hydrogen-bond donors (Lipinski definition) is 0. The zero-order valence-corrected chi connectivity index (χ0v) is 18.0. The van der Waals surface area contributed by atoms with Crippen LogP contribution in [-0.4, -0.2) is 46.6 Å². The van der Waals surface area contributed by atoms with Gasteiger partial charge in [-0.1, -0.05) is 12.1 Å². The quantitative estimate of drug-likeness (QED) is 0.442. The second kappa shape index (κ2) is 10.1. The first-order chi connectivity index (χ1) is 14.9. The third kappa shape index (κ3) is 5.87. The molecule has 164 valence electrons. The molecule has 1 heterocycles. The van der Waals surface area contributed by atoms with Crippen LogP contribution in [0.2, 0.25) is 0 Å². The van der Waals surface area contributed by atoms with Crippen molar-refractivity contribution < 1.29 is 31.3 Å². The second-order valence-electron chi connectivity index (χ2n) is 6.55. The lowest BCUT2D eigenvalue weighted by atomic mass is 10.2. The van der Waals surface area contributed by atoms with Crippen molar-refractivity contribution in [2.45, 2.75) is 11.4 Å². The molecule has 0 aliphatic rings. The van der Waals surface area contributed by atoms with Crippen LogP contribution in [0.15, 0.2) is 76.2 Å². The Morgan fingerprint density at radius 1 is 0.968 bits per heavy atom. The standard InChI is InChI=1S/C22H23NO7S/c1-27-15-13-23(22(24)21-4-3-14-29-21)16-17-5-7-19(8-6-17)30-31(25,26)20-11-9-18(28-2)10-12-20/h3-12,14H,13,15-16H2,1-2H3. The van der Waals surface area contributed by atoms with Crippen molar-refractivity contribution in [3.63, 3.8) is 0 Å². The smallest absolute Gasteiger partial charge is 0.339 e. The van der Waals surface area contributed by atoms with Crippen molar-refractivity contribution in [2.75, 3.05) is 27.4 Å². The van der Waals surface area contributed by atoms with E-state index in [2.05, 4.69) is 0 Å². The monoisotopic (exact) mass is 445 g/mol. The van der Waals surface area contributed by atoms with Gasteiger partial charge in [0.2, 0.25) is 0 Å². The molecule has 0 atom stereocenters. The topological polar surface area (TPSA) is 95.3 Å². The Kier molecular flexibility index (Phi) is 7.32. The van der Waals surface area contributed by atoms with Crippen LogP contribution in [0.4, 0.5) is 0 Å². The Morgan fingerprint density at radius 2 is 1.65 bits per heavy atom. The molecule has 3 rings (SSSR count). The van der Waals surface area contributed by atoms with E-state index in [4.69, 9.17) is 18.1 Å². The maximum atomic E-state index is 12.6. The van der Waals surface area contributed by atoms with Crippen molar-refractivity contribution in [3.05, 3.63) is 78.3 Å². The molecular formula is C22H23NO7S. The van der Waals surface area contributed by atoms with Gasteiger partial charge in [-0.25, -0.2) is 0 Å². The molecule has 0 fully saturated rings. The van der Waals surface area contributed by atoms with E-state index in [1.54, 1.807) is 60.5 Å². The third-order valence-electron chi connectivity index (χ3n) is 4.44. The first-order valence-electron chi connectivity index (χ1n) is 9.42. The molecule has 2 aromatic carbocycles. The van der Waals surface area contributed by atoms with E-state index in [1.807, 2.05) is 0 Å². The molecule has 3 aromatic rings. The fraction of sp³-hybridized carbons (Fsp3) is 0.227. The van der Waals surface area contributed by atoms with E-state index in [9.17, 15) is 13.2 Å². The molecular weight excluding hydrogens is 422 g/mol. The van der Waals surface area contributed by atoms with E-state index in [1.165, 1.54) is 25.5 Å². The second-order valence-corrected chi connectivity index (χ2v) is 8.10. The molecule has 0 spiro atoms. The zero-order chi connectivity index (χ0) is 22.3. The number of carbonyl (C=O) groups excluding carboxylic acids is 1. The van der Waals surface area contributed by atoms with Gasteiger partial charge in [0, 0.05) is 20.2 Å². The Morgan fingerprint density at radius 3 is 2.23 bits per heavy atom. The molecule has 31 heavy (non-hydrogen) atoms. The lowest BCUT2D eigenvalue weighted by Crippen LogP contribution is -2.33. The predicted octanol–water partition coefficient (Wildman–Crippen LogP) is 3.34. The third-order valence-corrected chi connectivity index (χ3v) is 5.70. The summed E-state index contributed by atoms with van der Waals surface area (Å²) in [5.41, 5.74) is 0.796. The number of amides is 1. The van der Waals surface area contributed by atoms with Gasteiger partial charge in [-0.15, -0.1) is 0 Å². The van der Waals surface area contributed by atoms with E-state index in [-0.39, 0.29) is 22.3 Å². The lowest BCUT2D eigenvalue weighted by molar-refractivity contribution is 0.0649. The Hall–Kier alpha value is -3.30. The number of furan rings is 1. The summed E-state index contributed by atoms with van der Waals surface area (Å²) >= 11 is 0. The number of nitrogens with zero attached hydrogens (tertiary/aromatic N) is 1. The van der Waals surface area contributed by atoms with Gasteiger partial charge in [0.25, 0.3) is 5.91 Å². The summed E-state index contributed by atoms with van der Waals surface area (Å²) in [7, 11) is -0.918. The Bertz CT molecular complexity index is 1080. The Balaban J connectivity index is 1.69. The molecule has 8 nitrogen and oxygen atoms in total. The van der Waals surface area contributed by atoms with E-state index in [0.717, 1.165) is 5.56 Å². The highest BCUT2D eigenvalue weighted by Gasteiger charge is 2.19. The normalized spacial score (nSPS) is 11.2. The average molecular weight is 445 g/mol. The van der Waals surface area contributed by atoms with E-state index in [0.29, 0.717) is 25.4 Å². The SMILES string of the molecule is COCCN(Cc1ccc(OS(=O)(=O)c2ccc(OC)cc2)cc1)C(=O)c1ccco1. The van der Waals surface area contributed by atoms with Crippen LogP contribution in [0.3, 0.4) is 0 Å². The largest absolute Gasteiger partial charge is 0.497 e. The molecule has 0 aliphatic carbocycles. The minimum Gasteiger partial charge on any atom is -0.497 e. The molecule has 1 amide bonds. The van der Waals surface area contributed by atoms with Crippen molar-refractivity contribution in [2.24, 2.45) is 0 Å². The summed E-state index contributed by atoms with van der Waals surface area (Å²) < 4.78 is 45.5. The molecule has 0 unspecified atom stereocenters. The van der Waals surface area contributed by atoms with Crippen molar-refractivity contribution >= 4 is 16.0 Å². The fourth-order valence-electron chi connectivity index (χ4n) is 2.80. The molecule has 0 radical (unpaired) electrons. The van der Waals surface area contributed by atoms with Gasteiger partial charge in [0.15, 0.2) is 5.76 Å². The summed E-state index contributed by atoms with van der Waals surface area (Å²) in [6, 6.07) is 15.7. The van der Waals surface area contributed by atoms with Crippen LogP contribution >= 0.6 is 0 Å². The van der Waals surface area contributed by atoms with Gasteiger partial charge < -0.3 is 23.0 Å². The number of rotatable bonds is 10. The van der Waals surface area contributed by atoms with Crippen molar-refractivity contribution in [1.82, 2.24) is 4.90 Å². The first-order valence-corrected chi connectivity index (χ1v) is 10.8. The van der Waals surface area contributed by atoms with Gasteiger partial charge in [0.1, 0.15) is 16.4 Å². The first kappa shape index (κ1) is 22.4. The summed E-state index contributed by atoms with van der Waals surface area (Å²) in [4.78, 5) is 14.2. The van der Waals surface area contributed by atoms with Crippen molar-refractivity contribution in [1.29, 1.82) is 0 Å². The van der Waals surface area contributed by atoms with Crippen molar-refractivity contribution in [3.8, 4) is 11.5 Å². The van der Waals surface area contributed by atoms with E-state index < -0.39 is 10.1 Å².